The number of hydrogen-bond donors (Lipinski definition) is 3. The Labute approximate surface area is 306 Å². The van der Waals surface area contributed by atoms with E-state index in [2.05, 4.69) is 16.0 Å². The maximum atomic E-state index is 14.9. The minimum Gasteiger partial charge on any atom is -0.491 e. The third-order valence-corrected chi connectivity index (χ3v) is 8.45. The van der Waals surface area contributed by atoms with Crippen LogP contribution in [0.4, 0.5) is 4.39 Å². The van der Waals surface area contributed by atoms with Gasteiger partial charge in [-0.1, -0.05) is 66.2 Å². The quantitative estimate of drug-likeness (QED) is 0.213. The van der Waals surface area contributed by atoms with E-state index in [1.165, 1.54) is 23.1 Å². The fourth-order valence-corrected chi connectivity index (χ4v) is 5.69. The van der Waals surface area contributed by atoms with Crippen LogP contribution in [-0.4, -0.2) is 73.5 Å². The van der Waals surface area contributed by atoms with E-state index in [9.17, 15) is 23.6 Å². The van der Waals surface area contributed by atoms with Gasteiger partial charge in [-0.25, -0.2) is 4.39 Å². The number of fused-ring (bicyclic) bond motifs is 1. The van der Waals surface area contributed by atoms with E-state index in [4.69, 9.17) is 25.8 Å². The highest BCUT2D eigenvalue weighted by Crippen LogP contribution is 2.34. The Morgan fingerprint density at radius 3 is 2.54 bits per heavy atom. The third-order valence-electron chi connectivity index (χ3n) is 8.21. The SMILES string of the molecule is C[C@H](COc1c(F)cccc1Oc1cccc(Cl)c1)NC(=O)[C@@H]1CCC(=O)N[C@H](Cc2ccccc2)C(=O)N(C)CCOc2ccccc2C(=O)N1. The van der Waals surface area contributed by atoms with Gasteiger partial charge in [-0.2, -0.15) is 0 Å². The van der Waals surface area contributed by atoms with Gasteiger partial charge in [0.15, 0.2) is 17.3 Å². The van der Waals surface area contributed by atoms with Gasteiger partial charge in [0, 0.05) is 24.9 Å². The number of amides is 4. The number of nitrogens with one attached hydrogen (secondary N) is 3. The summed E-state index contributed by atoms with van der Waals surface area (Å²) in [5.74, 6) is -2.04. The molecule has 0 unspecified atom stereocenters. The fraction of sp³-hybridized carbons (Fsp3) is 0.282. The van der Waals surface area contributed by atoms with Crippen LogP contribution in [0.5, 0.6) is 23.0 Å². The average molecular weight is 731 g/mol. The van der Waals surface area contributed by atoms with Crippen molar-refractivity contribution in [2.24, 2.45) is 0 Å². The van der Waals surface area contributed by atoms with E-state index >= 15 is 0 Å². The summed E-state index contributed by atoms with van der Waals surface area (Å²) < 4.78 is 32.4. The molecular formula is C39H40ClFN4O7. The van der Waals surface area contributed by atoms with Crippen molar-refractivity contribution in [3.8, 4) is 23.0 Å². The summed E-state index contributed by atoms with van der Waals surface area (Å²) in [6, 6.07) is 24.0. The van der Waals surface area contributed by atoms with Crippen molar-refractivity contribution in [1.82, 2.24) is 20.9 Å². The predicted molar refractivity (Wildman–Crippen MR) is 193 cm³/mol. The monoisotopic (exact) mass is 730 g/mol. The van der Waals surface area contributed by atoms with Crippen LogP contribution in [0.15, 0.2) is 97.1 Å². The molecule has 0 radical (unpaired) electrons. The topological polar surface area (TPSA) is 135 Å². The summed E-state index contributed by atoms with van der Waals surface area (Å²) in [5, 5.41) is 8.79. The maximum absolute atomic E-state index is 14.9. The molecule has 4 aromatic carbocycles. The molecule has 0 saturated heterocycles. The van der Waals surface area contributed by atoms with Crippen LogP contribution < -0.4 is 30.2 Å². The molecule has 0 fully saturated rings. The Morgan fingerprint density at radius 2 is 1.75 bits per heavy atom. The van der Waals surface area contributed by atoms with Crippen molar-refractivity contribution < 1.29 is 37.8 Å². The summed E-state index contributed by atoms with van der Waals surface area (Å²) in [4.78, 5) is 55.5. The van der Waals surface area contributed by atoms with Crippen molar-refractivity contribution in [1.29, 1.82) is 0 Å². The molecule has 0 aromatic heterocycles. The Hall–Kier alpha value is -5.62. The van der Waals surface area contributed by atoms with E-state index < -0.39 is 41.7 Å². The van der Waals surface area contributed by atoms with E-state index in [0.29, 0.717) is 10.8 Å². The first-order valence-corrected chi connectivity index (χ1v) is 17.2. The summed E-state index contributed by atoms with van der Waals surface area (Å²) in [7, 11) is 1.62. The molecule has 52 heavy (non-hydrogen) atoms. The molecule has 0 spiro atoms. The van der Waals surface area contributed by atoms with Crippen LogP contribution in [0.3, 0.4) is 0 Å². The molecule has 3 N–H and O–H groups in total. The number of nitrogens with zero attached hydrogens (tertiary/aromatic N) is 1. The third kappa shape index (κ3) is 10.5. The summed E-state index contributed by atoms with van der Waals surface area (Å²) in [5.41, 5.74) is 1.04. The highest BCUT2D eigenvalue weighted by molar-refractivity contribution is 6.30. The van der Waals surface area contributed by atoms with Crippen LogP contribution in [0, 0.1) is 5.82 Å². The number of benzene rings is 4. The van der Waals surface area contributed by atoms with Crippen LogP contribution in [0.25, 0.3) is 0 Å². The Kier molecular flexibility index (Phi) is 13.1. The minimum atomic E-state index is -1.17. The molecule has 1 aliphatic heterocycles. The highest BCUT2D eigenvalue weighted by Gasteiger charge is 2.29. The molecule has 272 valence electrons. The first kappa shape index (κ1) is 37.6. The van der Waals surface area contributed by atoms with E-state index in [-0.39, 0.29) is 67.7 Å². The van der Waals surface area contributed by atoms with Crippen LogP contribution >= 0.6 is 11.6 Å². The lowest BCUT2D eigenvalue weighted by Gasteiger charge is -2.25. The average Bonchev–Trinajstić information content (AvgIpc) is 3.12. The zero-order valence-corrected chi connectivity index (χ0v) is 29.5. The molecule has 0 bridgehead atoms. The molecule has 5 rings (SSSR count). The number of carbonyl (C=O) groups is 4. The molecule has 4 aromatic rings. The summed E-state index contributed by atoms with van der Waals surface area (Å²) in [6.07, 6.45) is -0.0123. The van der Waals surface area contributed by atoms with Crippen molar-refractivity contribution in [2.75, 3.05) is 26.8 Å². The van der Waals surface area contributed by atoms with Crippen molar-refractivity contribution in [3.63, 3.8) is 0 Å². The van der Waals surface area contributed by atoms with Crippen molar-refractivity contribution >= 4 is 35.2 Å². The number of rotatable bonds is 9. The first-order valence-electron chi connectivity index (χ1n) is 16.8. The first-order chi connectivity index (χ1) is 25.1. The van der Waals surface area contributed by atoms with E-state index in [0.717, 1.165) is 5.56 Å². The number of hydrogen-bond acceptors (Lipinski definition) is 7. The molecule has 0 saturated carbocycles. The predicted octanol–water partition coefficient (Wildman–Crippen LogP) is 5.31. The number of para-hydroxylation sites is 2. The van der Waals surface area contributed by atoms with Crippen LogP contribution in [-0.2, 0) is 20.8 Å². The zero-order valence-electron chi connectivity index (χ0n) is 28.8. The normalized spacial score (nSPS) is 17.6. The maximum Gasteiger partial charge on any atom is 0.255 e. The van der Waals surface area contributed by atoms with Crippen molar-refractivity contribution in [3.05, 3.63) is 119 Å². The number of carbonyl (C=O) groups excluding carboxylic acids is 4. The number of halogens is 2. The van der Waals surface area contributed by atoms with Gasteiger partial charge in [-0.3, -0.25) is 19.2 Å². The molecule has 0 aliphatic carbocycles. The summed E-state index contributed by atoms with van der Waals surface area (Å²) in [6.45, 7) is 1.76. The van der Waals surface area contributed by atoms with Gasteiger partial charge in [0.25, 0.3) is 5.91 Å². The zero-order chi connectivity index (χ0) is 37.0. The second-order valence-corrected chi connectivity index (χ2v) is 12.8. The van der Waals surface area contributed by atoms with E-state index in [1.807, 2.05) is 30.3 Å². The second kappa shape index (κ2) is 18.0. The molecule has 13 heteroatoms. The van der Waals surface area contributed by atoms with Gasteiger partial charge in [-0.15, -0.1) is 0 Å². The van der Waals surface area contributed by atoms with Gasteiger partial charge in [0.05, 0.1) is 18.2 Å². The smallest absolute Gasteiger partial charge is 0.255 e. The largest absolute Gasteiger partial charge is 0.491 e. The number of likely N-dealkylation sites (N-methyl/N-ethyl adjacent to an activating group) is 1. The lowest BCUT2D eigenvalue weighted by molar-refractivity contribution is -0.135. The van der Waals surface area contributed by atoms with Gasteiger partial charge in [-0.05, 0) is 61.4 Å². The molecule has 1 heterocycles. The van der Waals surface area contributed by atoms with Gasteiger partial charge < -0.3 is 35.1 Å². The van der Waals surface area contributed by atoms with Gasteiger partial charge in [0.2, 0.25) is 17.7 Å². The highest BCUT2D eigenvalue weighted by atomic mass is 35.5. The molecule has 1 aliphatic rings. The molecule has 11 nitrogen and oxygen atoms in total. The summed E-state index contributed by atoms with van der Waals surface area (Å²) >= 11 is 6.06. The molecule has 4 amide bonds. The molecule has 3 atom stereocenters. The van der Waals surface area contributed by atoms with Gasteiger partial charge >= 0.3 is 0 Å². The second-order valence-electron chi connectivity index (χ2n) is 12.3. The van der Waals surface area contributed by atoms with Crippen molar-refractivity contribution in [2.45, 2.75) is 44.3 Å². The fourth-order valence-electron chi connectivity index (χ4n) is 5.51. The minimum absolute atomic E-state index is 0.0772. The number of ether oxygens (including phenoxy) is 3. The van der Waals surface area contributed by atoms with Crippen LogP contribution in [0.1, 0.15) is 35.7 Å². The molecular weight excluding hydrogens is 691 g/mol. The van der Waals surface area contributed by atoms with Crippen LogP contribution in [0.2, 0.25) is 5.02 Å². The van der Waals surface area contributed by atoms with Gasteiger partial charge in [0.1, 0.15) is 36.8 Å². The Bertz CT molecular complexity index is 1880. The Morgan fingerprint density at radius 1 is 1.00 bits per heavy atom. The lowest BCUT2D eigenvalue weighted by Crippen LogP contribution is -2.51. The van der Waals surface area contributed by atoms with E-state index in [1.54, 1.807) is 62.5 Å². The standard InChI is InChI=1S/C39H40ClFN4O7/c1-25(24-51-36-30(41)15-9-17-34(36)52-28-13-8-12-27(40)23-28)42-38(48)31-18-19-35(46)43-32(22-26-10-4-3-5-11-26)39(49)45(2)20-21-50-33-16-7-6-14-29(33)37(47)44-31/h3-17,23,25,31-32H,18-22,24H2,1-2H3,(H,42,48)(H,43,46)(H,44,47)/t25-,31+,32-/m1/s1. The Balaban J connectivity index is 1.31. The lowest BCUT2D eigenvalue weighted by atomic mass is 10.0.